The SMILES string of the molecule is COC(=O)c1cc(Cl)ccc1C1CCN(CCN2C=COC(C3=CC=CC(=O)C3)=C2)CC1. The molecule has 0 unspecified atom stereocenters. The maximum Gasteiger partial charge on any atom is 0.338 e. The van der Waals surface area contributed by atoms with E-state index in [9.17, 15) is 9.59 Å². The summed E-state index contributed by atoms with van der Waals surface area (Å²) in [6, 6.07) is 5.50. The fourth-order valence-corrected chi connectivity index (χ4v) is 4.52. The summed E-state index contributed by atoms with van der Waals surface area (Å²) in [6.45, 7) is 3.68. The Balaban J connectivity index is 1.31. The number of piperidine rings is 1. The Morgan fingerprint density at radius 1 is 1.25 bits per heavy atom. The van der Waals surface area contributed by atoms with E-state index in [1.807, 2.05) is 30.6 Å². The van der Waals surface area contributed by atoms with E-state index < -0.39 is 0 Å². The highest BCUT2D eigenvalue weighted by Gasteiger charge is 2.25. The summed E-state index contributed by atoms with van der Waals surface area (Å²) in [4.78, 5) is 28.4. The van der Waals surface area contributed by atoms with E-state index in [-0.39, 0.29) is 11.8 Å². The second-order valence-corrected chi connectivity index (χ2v) is 8.60. The van der Waals surface area contributed by atoms with Gasteiger partial charge in [0.05, 0.1) is 12.7 Å². The van der Waals surface area contributed by atoms with Crippen LogP contribution >= 0.6 is 11.6 Å². The van der Waals surface area contributed by atoms with Gasteiger partial charge in [-0.05, 0) is 55.6 Å². The zero-order valence-electron chi connectivity index (χ0n) is 18.1. The summed E-state index contributed by atoms with van der Waals surface area (Å²) in [5.74, 6) is 0.794. The van der Waals surface area contributed by atoms with Gasteiger partial charge in [-0.15, -0.1) is 0 Å². The van der Waals surface area contributed by atoms with Gasteiger partial charge in [0.15, 0.2) is 5.78 Å². The third-order valence-corrected chi connectivity index (χ3v) is 6.35. The van der Waals surface area contributed by atoms with Crippen LogP contribution in [0.1, 0.15) is 41.1 Å². The van der Waals surface area contributed by atoms with Crippen molar-refractivity contribution in [3.8, 4) is 0 Å². The molecule has 0 saturated carbocycles. The fraction of sp³-hybridized carbons (Fsp3) is 0.360. The number of esters is 1. The van der Waals surface area contributed by atoms with Crippen molar-refractivity contribution in [1.29, 1.82) is 0 Å². The molecule has 7 heteroatoms. The van der Waals surface area contributed by atoms with Crippen molar-refractivity contribution < 1.29 is 19.1 Å². The molecule has 0 radical (unpaired) electrons. The van der Waals surface area contributed by atoms with Crippen molar-refractivity contribution in [2.24, 2.45) is 0 Å². The highest BCUT2D eigenvalue weighted by atomic mass is 35.5. The number of halogens is 1. The molecule has 0 amide bonds. The molecular weight excluding hydrogens is 428 g/mol. The zero-order valence-corrected chi connectivity index (χ0v) is 18.9. The van der Waals surface area contributed by atoms with Crippen molar-refractivity contribution >= 4 is 23.4 Å². The van der Waals surface area contributed by atoms with Crippen LogP contribution in [0.4, 0.5) is 0 Å². The number of benzene rings is 1. The van der Waals surface area contributed by atoms with Crippen molar-refractivity contribution in [2.75, 3.05) is 33.3 Å². The van der Waals surface area contributed by atoms with E-state index in [2.05, 4.69) is 9.80 Å². The second-order valence-electron chi connectivity index (χ2n) is 8.17. The van der Waals surface area contributed by atoms with Gasteiger partial charge in [0.25, 0.3) is 0 Å². The summed E-state index contributed by atoms with van der Waals surface area (Å²) in [5.41, 5.74) is 2.49. The zero-order chi connectivity index (χ0) is 22.5. The number of allylic oxidation sites excluding steroid dienone is 4. The predicted molar refractivity (Wildman–Crippen MR) is 123 cm³/mol. The van der Waals surface area contributed by atoms with Crippen LogP contribution in [-0.2, 0) is 14.3 Å². The van der Waals surface area contributed by atoms with Gasteiger partial charge in [0, 0.05) is 42.5 Å². The standard InChI is InChI=1S/C25H27ClN2O4/c1-31-25(30)23-16-20(26)5-6-22(23)18-7-9-27(10-8-18)11-12-28-13-14-32-24(17-28)19-3-2-4-21(29)15-19/h2-6,13-14,16-18H,7-12,15H2,1H3. The highest BCUT2D eigenvalue weighted by Crippen LogP contribution is 2.32. The average molecular weight is 455 g/mol. The summed E-state index contributed by atoms with van der Waals surface area (Å²) >= 11 is 6.10. The van der Waals surface area contributed by atoms with Crippen LogP contribution in [0.2, 0.25) is 5.02 Å². The first-order valence-corrected chi connectivity index (χ1v) is 11.2. The van der Waals surface area contributed by atoms with Gasteiger partial charge in [-0.3, -0.25) is 4.79 Å². The summed E-state index contributed by atoms with van der Waals surface area (Å²) < 4.78 is 10.6. The van der Waals surface area contributed by atoms with E-state index >= 15 is 0 Å². The Hall–Kier alpha value is -2.83. The lowest BCUT2D eigenvalue weighted by Crippen LogP contribution is -2.37. The Kier molecular flexibility index (Phi) is 7.12. The first-order chi connectivity index (χ1) is 15.5. The lowest BCUT2D eigenvalue weighted by Gasteiger charge is -2.34. The number of rotatable bonds is 6. The number of ether oxygens (including phenoxy) is 2. The van der Waals surface area contributed by atoms with E-state index in [0.717, 1.165) is 55.9 Å². The number of ketones is 1. The largest absolute Gasteiger partial charge is 0.465 e. The van der Waals surface area contributed by atoms with Crippen LogP contribution in [0.5, 0.6) is 0 Å². The van der Waals surface area contributed by atoms with Gasteiger partial charge >= 0.3 is 5.97 Å². The molecule has 2 aliphatic heterocycles. The topological polar surface area (TPSA) is 59.1 Å². The van der Waals surface area contributed by atoms with E-state index in [0.29, 0.717) is 22.9 Å². The van der Waals surface area contributed by atoms with Crippen LogP contribution in [0.25, 0.3) is 0 Å². The molecule has 1 saturated heterocycles. The van der Waals surface area contributed by atoms with Gasteiger partial charge in [-0.2, -0.15) is 0 Å². The molecule has 0 atom stereocenters. The quantitative estimate of drug-likeness (QED) is 0.593. The number of carbonyl (C=O) groups is 2. The number of hydrogen-bond acceptors (Lipinski definition) is 6. The molecule has 168 valence electrons. The number of methoxy groups -OCH3 is 1. The molecule has 32 heavy (non-hydrogen) atoms. The molecule has 1 aromatic rings. The lowest BCUT2D eigenvalue weighted by atomic mass is 9.86. The predicted octanol–water partition coefficient (Wildman–Crippen LogP) is 4.41. The fourth-order valence-electron chi connectivity index (χ4n) is 4.35. The Labute approximate surface area is 193 Å². The molecule has 1 aromatic carbocycles. The minimum Gasteiger partial charge on any atom is -0.465 e. The molecule has 4 rings (SSSR count). The molecule has 1 aliphatic carbocycles. The Bertz CT molecular complexity index is 1000. The van der Waals surface area contributed by atoms with Crippen molar-refractivity contribution in [2.45, 2.75) is 25.2 Å². The second kappa shape index (κ2) is 10.2. The monoisotopic (exact) mass is 454 g/mol. The van der Waals surface area contributed by atoms with Crippen LogP contribution in [0.15, 0.2) is 66.4 Å². The third-order valence-electron chi connectivity index (χ3n) is 6.11. The molecule has 0 bridgehead atoms. The minimum absolute atomic E-state index is 0.0898. The maximum atomic E-state index is 12.2. The van der Waals surface area contributed by atoms with Crippen LogP contribution in [0.3, 0.4) is 0 Å². The molecule has 0 spiro atoms. The number of carbonyl (C=O) groups excluding carboxylic acids is 2. The molecule has 0 aromatic heterocycles. The van der Waals surface area contributed by atoms with E-state index in [4.69, 9.17) is 21.1 Å². The van der Waals surface area contributed by atoms with Gasteiger partial charge in [-0.1, -0.05) is 29.8 Å². The third kappa shape index (κ3) is 5.31. The first kappa shape index (κ1) is 22.4. The summed E-state index contributed by atoms with van der Waals surface area (Å²) in [5, 5.41) is 0.543. The molecular formula is C25H27ClN2O4. The van der Waals surface area contributed by atoms with E-state index in [1.54, 1.807) is 24.5 Å². The van der Waals surface area contributed by atoms with Crippen LogP contribution in [-0.4, -0.2) is 54.8 Å². The smallest absolute Gasteiger partial charge is 0.338 e. The highest BCUT2D eigenvalue weighted by molar-refractivity contribution is 6.31. The van der Waals surface area contributed by atoms with Crippen molar-refractivity contribution in [1.82, 2.24) is 9.80 Å². The molecule has 0 N–H and O–H groups in total. The number of nitrogens with zero attached hydrogens (tertiary/aromatic N) is 2. The van der Waals surface area contributed by atoms with Gasteiger partial charge < -0.3 is 19.3 Å². The minimum atomic E-state index is -0.336. The normalized spacial score (nSPS) is 19.4. The van der Waals surface area contributed by atoms with Gasteiger partial charge in [0.1, 0.15) is 12.0 Å². The lowest BCUT2D eigenvalue weighted by molar-refractivity contribution is -0.114. The molecule has 2 heterocycles. The Morgan fingerprint density at radius 3 is 2.81 bits per heavy atom. The van der Waals surface area contributed by atoms with Crippen LogP contribution < -0.4 is 0 Å². The summed E-state index contributed by atoms with van der Waals surface area (Å²) in [7, 11) is 1.40. The molecule has 3 aliphatic rings. The van der Waals surface area contributed by atoms with Gasteiger partial charge in [-0.25, -0.2) is 4.79 Å². The van der Waals surface area contributed by atoms with Gasteiger partial charge in [0.2, 0.25) is 0 Å². The molecule has 6 nitrogen and oxygen atoms in total. The van der Waals surface area contributed by atoms with Crippen LogP contribution in [0, 0.1) is 0 Å². The van der Waals surface area contributed by atoms with Crippen molar-refractivity contribution in [3.05, 3.63) is 82.6 Å². The number of hydrogen-bond donors (Lipinski definition) is 0. The summed E-state index contributed by atoms with van der Waals surface area (Å²) in [6.07, 6.45) is 13.1. The Morgan fingerprint density at radius 2 is 2.06 bits per heavy atom. The molecule has 1 fully saturated rings. The maximum absolute atomic E-state index is 12.2. The van der Waals surface area contributed by atoms with E-state index in [1.165, 1.54) is 7.11 Å². The number of likely N-dealkylation sites (tertiary alicyclic amines) is 1. The van der Waals surface area contributed by atoms with Crippen molar-refractivity contribution in [3.63, 3.8) is 0 Å². The first-order valence-electron chi connectivity index (χ1n) is 10.8. The average Bonchev–Trinajstić information content (AvgIpc) is 2.83.